The van der Waals surface area contributed by atoms with Crippen LogP contribution in [0, 0.1) is 16.7 Å². The van der Waals surface area contributed by atoms with Crippen LogP contribution in [0.1, 0.15) is 50.4 Å². The van der Waals surface area contributed by atoms with Gasteiger partial charge in [0, 0.05) is 15.5 Å². The van der Waals surface area contributed by atoms with Crippen molar-refractivity contribution in [3.63, 3.8) is 0 Å². The van der Waals surface area contributed by atoms with Crippen molar-refractivity contribution in [2.24, 2.45) is 16.7 Å². The fourth-order valence-corrected chi connectivity index (χ4v) is 5.19. The van der Waals surface area contributed by atoms with Crippen LogP contribution in [0.2, 0.25) is 5.02 Å². The number of hydrogen-bond acceptors (Lipinski definition) is 1. The summed E-state index contributed by atoms with van der Waals surface area (Å²) in [6.07, 6.45) is 3.60. The first-order chi connectivity index (χ1) is 9.75. The van der Waals surface area contributed by atoms with E-state index in [9.17, 15) is 4.79 Å². The Morgan fingerprint density at radius 2 is 2.10 bits per heavy atom. The average molecular weight is 371 g/mol. The topological polar surface area (TPSA) is 29.1 Å². The highest BCUT2D eigenvalue weighted by Gasteiger charge is 2.61. The van der Waals surface area contributed by atoms with Crippen LogP contribution in [-0.2, 0) is 0 Å². The molecule has 3 atom stereocenters. The largest absolute Gasteiger partial charge is 0.349 e. The van der Waals surface area contributed by atoms with E-state index in [-0.39, 0.29) is 17.4 Å². The highest BCUT2D eigenvalue weighted by atomic mass is 79.9. The molecule has 0 radical (unpaired) electrons. The Balaban J connectivity index is 1.80. The maximum absolute atomic E-state index is 12.6. The highest BCUT2D eigenvalue weighted by molar-refractivity contribution is 9.10. The second kappa shape index (κ2) is 4.99. The summed E-state index contributed by atoms with van der Waals surface area (Å²) in [6, 6.07) is 5.57. The highest BCUT2D eigenvalue weighted by Crippen LogP contribution is 2.65. The fourth-order valence-electron chi connectivity index (χ4n) is 4.33. The van der Waals surface area contributed by atoms with Gasteiger partial charge in [0.2, 0.25) is 0 Å². The molecule has 21 heavy (non-hydrogen) atoms. The van der Waals surface area contributed by atoms with Crippen molar-refractivity contribution >= 4 is 33.4 Å². The molecule has 1 aromatic rings. The van der Waals surface area contributed by atoms with E-state index in [1.807, 2.05) is 0 Å². The number of amides is 1. The predicted octanol–water partition coefficient (Wildman–Crippen LogP) is 5.05. The van der Waals surface area contributed by atoms with Crippen molar-refractivity contribution in [2.45, 2.75) is 46.1 Å². The Bertz CT molecular complexity index is 600. The summed E-state index contributed by atoms with van der Waals surface area (Å²) in [7, 11) is 0. The van der Waals surface area contributed by atoms with E-state index >= 15 is 0 Å². The molecule has 2 aliphatic rings. The third kappa shape index (κ3) is 2.24. The molecule has 4 heteroatoms. The zero-order chi connectivity index (χ0) is 15.4. The number of rotatable bonds is 2. The molecule has 0 heterocycles. The van der Waals surface area contributed by atoms with Gasteiger partial charge in [-0.2, -0.15) is 0 Å². The van der Waals surface area contributed by atoms with Gasteiger partial charge in [-0.3, -0.25) is 4.79 Å². The molecule has 2 aliphatic carbocycles. The normalized spacial score (nSPS) is 33.2. The molecule has 1 amide bonds. The Kier molecular flexibility index (Phi) is 3.65. The molecule has 2 nitrogen and oxygen atoms in total. The molecular formula is C17H21BrClNO. The van der Waals surface area contributed by atoms with Gasteiger partial charge in [-0.15, -0.1) is 0 Å². The van der Waals surface area contributed by atoms with Gasteiger partial charge >= 0.3 is 0 Å². The summed E-state index contributed by atoms with van der Waals surface area (Å²) in [5.41, 5.74) is 1.16. The first-order valence-corrected chi connectivity index (χ1v) is 8.69. The van der Waals surface area contributed by atoms with Crippen LogP contribution in [0.4, 0.5) is 0 Å². The smallest absolute Gasteiger partial charge is 0.252 e. The van der Waals surface area contributed by atoms with Gasteiger partial charge in [-0.1, -0.05) is 32.4 Å². The van der Waals surface area contributed by atoms with Gasteiger partial charge in [0.05, 0.1) is 5.56 Å². The van der Waals surface area contributed by atoms with Gasteiger partial charge in [-0.25, -0.2) is 0 Å². The Labute approximate surface area is 139 Å². The van der Waals surface area contributed by atoms with E-state index < -0.39 is 0 Å². The van der Waals surface area contributed by atoms with Gasteiger partial charge in [-0.05, 0) is 70.1 Å². The summed E-state index contributed by atoms with van der Waals surface area (Å²) >= 11 is 9.37. The van der Waals surface area contributed by atoms with Crippen molar-refractivity contribution in [3.05, 3.63) is 33.3 Å². The lowest BCUT2D eigenvalue weighted by Gasteiger charge is -2.39. The summed E-state index contributed by atoms with van der Waals surface area (Å²) < 4.78 is 0.750. The summed E-state index contributed by atoms with van der Waals surface area (Å²) in [4.78, 5) is 12.6. The molecule has 0 aromatic heterocycles. The van der Waals surface area contributed by atoms with Crippen LogP contribution in [-0.4, -0.2) is 11.9 Å². The van der Waals surface area contributed by atoms with Crippen LogP contribution in [0.5, 0.6) is 0 Å². The van der Waals surface area contributed by atoms with E-state index in [2.05, 4.69) is 42.0 Å². The number of fused-ring (bicyclic) bond motifs is 2. The maximum Gasteiger partial charge on any atom is 0.252 e. The number of halogens is 2. The first kappa shape index (κ1) is 15.4. The molecule has 0 aliphatic heterocycles. The minimum Gasteiger partial charge on any atom is -0.349 e. The van der Waals surface area contributed by atoms with Gasteiger partial charge in [0.25, 0.3) is 5.91 Å². The summed E-state index contributed by atoms with van der Waals surface area (Å²) in [5.74, 6) is 0.717. The van der Waals surface area contributed by atoms with Crippen molar-refractivity contribution < 1.29 is 4.79 Å². The number of carbonyl (C=O) groups excluding carboxylic acids is 1. The van der Waals surface area contributed by atoms with Crippen molar-refractivity contribution in [2.75, 3.05) is 0 Å². The predicted molar refractivity (Wildman–Crippen MR) is 89.6 cm³/mol. The molecule has 1 N–H and O–H groups in total. The SMILES string of the molecule is CC1(C)C2CCC1(C)C(NC(=O)c1ccc(Cl)cc1Br)C2. The standard InChI is InChI=1S/C17H21BrClNO/c1-16(2)10-6-7-17(16,3)14(8-10)20-15(21)12-5-4-11(19)9-13(12)18/h4-5,9-10,14H,6-8H2,1-3H3,(H,20,21). The molecule has 2 bridgehead atoms. The summed E-state index contributed by atoms with van der Waals surface area (Å²) in [6.45, 7) is 7.05. The second-order valence-corrected chi connectivity index (χ2v) is 8.55. The molecule has 2 fully saturated rings. The minimum absolute atomic E-state index is 0.00637. The second-order valence-electron chi connectivity index (χ2n) is 7.26. The quantitative estimate of drug-likeness (QED) is 0.775. The zero-order valence-corrected chi connectivity index (χ0v) is 15.0. The molecule has 0 saturated heterocycles. The van der Waals surface area contributed by atoms with Gasteiger partial charge < -0.3 is 5.32 Å². The fraction of sp³-hybridized carbons (Fsp3) is 0.588. The third-order valence-electron chi connectivity index (χ3n) is 6.28. The minimum atomic E-state index is -0.00637. The van der Waals surface area contributed by atoms with E-state index in [1.54, 1.807) is 18.2 Å². The average Bonchev–Trinajstić information content (AvgIpc) is 2.71. The lowest BCUT2D eigenvalue weighted by atomic mass is 9.69. The van der Waals surface area contributed by atoms with Gasteiger partial charge in [0.1, 0.15) is 0 Å². The lowest BCUT2D eigenvalue weighted by molar-refractivity contribution is 0.0825. The monoisotopic (exact) mass is 369 g/mol. The van der Waals surface area contributed by atoms with E-state index in [1.165, 1.54) is 12.8 Å². The molecular weight excluding hydrogens is 350 g/mol. The Hall–Kier alpha value is -0.540. The third-order valence-corrected chi connectivity index (χ3v) is 7.17. The number of hydrogen-bond donors (Lipinski definition) is 1. The molecule has 0 spiro atoms. The molecule has 3 rings (SSSR count). The molecule has 1 aromatic carbocycles. The number of nitrogens with one attached hydrogen (secondary N) is 1. The van der Waals surface area contributed by atoms with E-state index in [0.29, 0.717) is 16.0 Å². The zero-order valence-electron chi connectivity index (χ0n) is 12.7. The van der Waals surface area contributed by atoms with E-state index in [4.69, 9.17) is 11.6 Å². The van der Waals surface area contributed by atoms with Gasteiger partial charge in [0.15, 0.2) is 0 Å². The van der Waals surface area contributed by atoms with Crippen molar-refractivity contribution in [1.29, 1.82) is 0 Å². The number of carbonyl (C=O) groups is 1. The lowest BCUT2D eigenvalue weighted by Crippen LogP contribution is -2.46. The molecule has 2 saturated carbocycles. The molecule has 114 valence electrons. The van der Waals surface area contributed by atoms with Crippen LogP contribution < -0.4 is 5.32 Å². The van der Waals surface area contributed by atoms with E-state index in [0.717, 1.165) is 16.8 Å². The van der Waals surface area contributed by atoms with Crippen LogP contribution in [0.25, 0.3) is 0 Å². The Morgan fingerprint density at radius 3 is 2.62 bits per heavy atom. The van der Waals surface area contributed by atoms with Crippen molar-refractivity contribution in [3.8, 4) is 0 Å². The summed E-state index contributed by atoms with van der Waals surface area (Å²) in [5, 5.41) is 3.90. The van der Waals surface area contributed by atoms with Crippen LogP contribution in [0.3, 0.4) is 0 Å². The first-order valence-electron chi connectivity index (χ1n) is 7.51. The van der Waals surface area contributed by atoms with Crippen molar-refractivity contribution in [1.82, 2.24) is 5.32 Å². The molecule has 3 unspecified atom stereocenters. The maximum atomic E-state index is 12.6. The number of benzene rings is 1. The van der Waals surface area contributed by atoms with Crippen LogP contribution >= 0.6 is 27.5 Å². The van der Waals surface area contributed by atoms with Crippen LogP contribution in [0.15, 0.2) is 22.7 Å². The Morgan fingerprint density at radius 1 is 1.38 bits per heavy atom.